The predicted molar refractivity (Wildman–Crippen MR) is 48.9 cm³/mol. The molecule has 2 nitrogen and oxygen atoms in total. The Morgan fingerprint density at radius 2 is 2.25 bits per heavy atom. The van der Waals surface area contributed by atoms with E-state index >= 15 is 0 Å². The molecule has 2 rings (SSSR count). The van der Waals surface area contributed by atoms with Crippen molar-refractivity contribution in [3.05, 3.63) is 0 Å². The second kappa shape index (κ2) is 3.00. The van der Waals surface area contributed by atoms with E-state index in [0.29, 0.717) is 12.6 Å². The molecule has 0 aromatic carbocycles. The van der Waals surface area contributed by atoms with E-state index in [1.54, 1.807) is 0 Å². The van der Waals surface area contributed by atoms with Crippen molar-refractivity contribution < 1.29 is 4.74 Å². The molecule has 12 heavy (non-hydrogen) atoms. The molecule has 1 aliphatic carbocycles. The predicted octanol–water partition coefficient (Wildman–Crippen LogP) is 1.68. The van der Waals surface area contributed by atoms with Crippen molar-refractivity contribution in [2.24, 2.45) is 11.7 Å². The van der Waals surface area contributed by atoms with Crippen LogP contribution in [0, 0.1) is 5.92 Å². The van der Waals surface area contributed by atoms with E-state index in [1.807, 2.05) is 0 Å². The Labute approximate surface area is 74.5 Å². The highest BCUT2D eigenvalue weighted by molar-refractivity contribution is 4.97. The van der Waals surface area contributed by atoms with Crippen LogP contribution in [0.15, 0.2) is 0 Å². The minimum atomic E-state index is 0.240. The number of rotatable bonds is 1. The number of hydrogen-bond donors (Lipinski definition) is 1. The third-order valence-electron chi connectivity index (χ3n) is 3.69. The van der Waals surface area contributed by atoms with E-state index in [4.69, 9.17) is 10.5 Å². The molecule has 2 heteroatoms. The Balaban J connectivity index is 2.04. The number of hydrogen-bond acceptors (Lipinski definition) is 2. The van der Waals surface area contributed by atoms with Crippen LogP contribution in [0.2, 0.25) is 0 Å². The molecule has 2 aliphatic rings. The molecular formula is C10H19NO. The molecule has 1 saturated heterocycles. The first-order chi connectivity index (χ1) is 5.77. The molecule has 0 bridgehead atoms. The molecule has 0 radical (unpaired) electrons. The van der Waals surface area contributed by atoms with Gasteiger partial charge in [0.15, 0.2) is 0 Å². The smallest absolute Gasteiger partial charge is 0.0713 e. The fourth-order valence-corrected chi connectivity index (χ4v) is 2.78. The van der Waals surface area contributed by atoms with Gasteiger partial charge in [-0.25, -0.2) is 0 Å². The summed E-state index contributed by atoms with van der Waals surface area (Å²) in [6, 6.07) is 0. The third kappa shape index (κ3) is 1.17. The average molecular weight is 169 g/mol. The lowest BCUT2D eigenvalue weighted by molar-refractivity contribution is -0.0580. The van der Waals surface area contributed by atoms with Crippen LogP contribution in [-0.2, 0) is 4.74 Å². The Bertz CT molecular complexity index is 171. The van der Waals surface area contributed by atoms with Crippen molar-refractivity contribution in [3.63, 3.8) is 0 Å². The lowest BCUT2D eigenvalue weighted by atomic mass is 9.89. The summed E-state index contributed by atoms with van der Waals surface area (Å²) in [5, 5.41) is 0. The first kappa shape index (κ1) is 8.52. The first-order valence-electron chi connectivity index (χ1n) is 5.15. The standard InChI is InChI=1S/C10H19NO/c1-8-3-2-5-10(8)6-4-9(7-11)12-10/h8-9H,2-7,11H2,1H3/t8-,9-,10-/m1/s1. The van der Waals surface area contributed by atoms with Gasteiger partial charge in [-0.2, -0.15) is 0 Å². The van der Waals surface area contributed by atoms with Crippen LogP contribution < -0.4 is 5.73 Å². The SMILES string of the molecule is C[C@@H]1CCC[C@@]12CC[C@H](CN)O2. The highest BCUT2D eigenvalue weighted by atomic mass is 16.5. The van der Waals surface area contributed by atoms with Gasteiger partial charge in [0.1, 0.15) is 0 Å². The first-order valence-corrected chi connectivity index (χ1v) is 5.15. The molecule has 1 spiro atoms. The van der Waals surface area contributed by atoms with Crippen molar-refractivity contribution >= 4 is 0 Å². The molecule has 1 saturated carbocycles. The molecule has 1 aliphatic heterocycles. The molecule has 0 amide bonds. The van der Waals surface area contributed by atoms with Crippen LogP contribution in [0.5, 0.6) is 0 Å². The lowest BCUT2D eigenvalue weighted by Gasteiger charge is -2.29. The molecule has 70 valence electrons. The van der Waals surface area contributed by atoms with Gasteiger partial charge in [0.2, 0.25) is 0 Å². The topological polar surface area (TPSA) is 35.2 Å². The summed E-state index contributed by atoms with van der Waals surface area (Å²) in [7, 11) is 0. The average Bonchev–Trinajstić information content (AvgIpc) is 2.63. The van der Waals surface area contributed by atoms with E-state index in [1.165, 1.54) is 32.1 Å². The number of nitrogens with two attached hydrogens (primary N) is 1. The summed E-state index contributed by atoms with van der Waals surface area (Å²) in [5.41, 5.74) is 5.85. The summed E-state index contributed by atoms with van der Waals surface area (Å²) in [4.78, 5) is 0. The maximum Gasteiger partial charge on any atom is 0.0713 e. The summed E-state index contributed by atoms with van der Waals surface area (Å²) in [5.74, 6) is 0.758. The molecule has 1 heterocycles. The molecule has 3 atom stereocenters. The van der Waals surface area contributed by atoms with Crippen LogP contribution in [0.4, 0.5) is 0 Å². The normalized spacial score (nSPS) is 47.5. The van der Waals surface area contributed by atoms with Gasteiger partial charge >= 0.3 is 0 Å². The van der Waals surface area contributed by atoms with Crippen LogP contribution in [0.1, 0.15) is 39.0 Å². The van der Waals surface area contributed by atoms with Gasteiger partial charge < -0.3 is 10.5 Å². The maximum absolute atomic E-state index is 6.05. The van der Waals surface area contributed by atoms with Crippen molar-refractivity contribution in [1.29, 1.82) is 0 Å². The summed E-state index contributed by atoms with van der Waals surface area (Å²) in [6.07, 6.45) is 6.74. The molecule has 0 unspecified atom stereocenters. The molecule has 2 N–H and O–H groups in total. The van der Waals surface area contributed by atoms with E-state index in [9.17, 15) is 0 Å². The van der Waals surface area contributed by atoms with Crippen molar-refractivity contribution in [2.75, 3.05) is 6.54 Å². The van der Waals surface area contributed by atoms with Crippen LogP contribution in [0.25, 0.3) is 0 Å². The highest BCUT2D eigenvalue weighted by Crippen LogP contribution is 2.46. The fourth-order valence-electron chi connectivity index (χ4n) is 2.78. The van der Waals surface area contributed by atoms with E-state index in [2.05, 4.69) is 6.92 Å². The minimum absolute atomic E-state index is 0.240. The van der Waals surface area contributed by atoms with Gasteiger partial charge in [0.05, 0.1) is 11.7 Å². The van der Waals surface area contributed by atoms with E-state index in [-0.39, 0.29) is 5.60 Å². The Morgan fingerprint density at radius 1 is 1.42 bits per heavy atom. The highest BCUT2D eigenvalue weighted by Gasteiger charge is 2.46. The van der Waals surface area contributed by atoms with Gasteiger partial charge in [0.25, 0.3) is 0 Å². The fraction of sp³-hybridized carbons (Fsp3) is 1.00. The second-order valence-electron chi connectivity index (χ2n) is 4.37. The number of ether oxygens (including phenoxy) is 1. The third-order valence-corrected chi connectivity index (χ3v) is 3.69. The van der Waals surface area contributed by atoms with Crippen LogP contribution in [0.3, 0.4) is 0 Å². The van der Waals surface area contributed by atoms with Gasteiger partial charge in [-0.3, -0.25) is 0 Å². The zero-order valence-electron chi connectivity index (χ0n) is 7.88. The van der Waals surface area contributed by atoms with Gasteiger partial charge in [-0.15, -0.1) is 0 Å². The van der Waals surface area contributed by atoms with E-state index < -0.39 is 0 Å². The maximum atomic E-state index is 6.05. The van der Waals surface area contributed by atoms with Crippen molar-refractivity contribution in [1.82, 2.24) is 0 Å². The Kier molecular flexibility index (Phi) is 2.13. The second-order valence-corrected chi connectivity index (χ2v) is 4.37. The van der Waals surface area contributed by atoms with Gasteiger partial charge in [-0.1, -0.05) is 13.3 Å². The lowest BCUT2D eigenvalue weighted by Crippen LogP contribution is -2.33. The van der Waals surface area contributed by atoms with E-state index in [0.717, 1.165) is 5.92 Å². The van der Waals surface area contributed by atoms with Crippen LogP contribution in [-0.4, -0.2) is 18.2 Å². The zero-order chi connectivity index (χ0) is 8.60. The van der Waals surface area contributed by atoms with Gasteiger partial charge in [-0.05, 0) is 31.6 Å². The summed E-state index contributed by atoms with van der Waals surface area (Å²) < 4.78 is 6.05. The van der Waals surface area contributed by atoms with Crippen molar-refractivity contribution in [2.45, 2.75) is 50.7 Å². The molecule has 0 aromatic heterocycles. The largest absolute Gasteiger partial charge is 0.370 e. The summed E-state index contributed by atoms with van der Waals surface area (Å²) >= 11 is 0. The quantitative estimate of drug-likeness (QED) is 0.648. The molecule has 2 fully saturated rings. The minimum Gasteiger partial charge on any atom is -0.370 e. The molecule has 0 aromatic rings. The summed E-state index contributed by atoms with van der Waals surface area (Å²) in [6.45, 7) is 3.03. The Hall–Kier alpha value is -0.0800. The monoisotopic (exact) mass is 169 g/mol. The molecular weight excluding hydrogens is 150 g/mol. The Morgan fingerprint density at radius 3 is 2.75 bits per heavy atom. The van der Waals surface area contributed by atoms with Crippen LogP contribution >= 0.6 is 0 Å². The van der Waals surface area contributed by atoms with Gasteiger partial charge in [0, 0.05) is 6.54 Å². The van der Waals surface area contributed by atoms with Crippen molar-refractivity contribution in [3.8, 4) is 0 Å². The zero-order valence-corrected chi connectivity index (χ0v) is 7.88.